The normalized spacial score (nSPS) is 8.77. The first-order valence-electron chi connectivity index (χ1n) is 3.14. The van der Waals surface area contributed by atoms with Crippen LogP contribution in [0.1, 0.15) is 10.4 Å². The van der Waals surface area contributed by atoms with E-state index >= 15 is 0 Å². The van der Waals surface area contributed by atoms with Gasteiger partial charge >= 0.3 is 5.97 Å². The molecule has 0 aliphatic rings. The first kappa shape index (κ1) is 11.7. The number of nitrogens with two attached hydrogens (primary N) is 1. The molecule has 0 aliphatic heterocycles. The van der Waals surface area contributed by atoms with Crippen LogP contribution in [0.5, 0.6) is 0 Å². The van der Waals surface area contributed by atoms with E-state index in [0.717, 1.165) is 12.1 Å². The van der Waals surface area contributed by atoms with Gasteiger partial charge in [-0.05, 0) is 18.2 Å². The Hall–Kier alpha value is -1.33. The zero-order valence-electron chi connectivity index (χ0n) is 6.45. The van der Waals surface area contributed by atoms with Gasteiger partial charge in [-0.1, -0.05) is 0 Å². The fourth-order valence-corrected chi connectivity index (χ4v) is 0.819. The van der Waals surface area contributed by atoms with E-state index in [1.54, 1.807) is 0 Å². The summed E-state index contributed by atoms with van der Waals surface area (Å²) in [6.07, 6.45) is 0. The molecule has 13 heavy (non-hydrogen) atoms. The number of aromatic carboxylic acids is 1. The number of carbonyl (C=O) groups is 1. The van der Waals surface area contributed by atoms with Crippen LogP contribution in [-0.2, 0) is 0 Å². The SMILES string of the molecule is Cl.NNc1ccc(F)cc1C(=O)O. The molecule has 1 aromatic carbocycles. The Bertz CT molecular complexity index is 319. The van der Waals surface area contributed by atoms with Gasteiger partial charge in [0.15, 0.2) is 0 Å². The van der Waals surface area contributed by atoms with E-state index in [9.17, 15) is 9.18 Å². The first-order chi connectivity index (χ1) is 5.65. The van der Waals surface area contributed by atoms with E-state index in [2.05, 4.69) is 5.43 Å². The third-order valence-corrected chi connectivity index (χ3v) is 1.37. The van der Waals surface area contributed by atoms with Crippen molar-refractivity contribution in [2.45, 2.75) is 0 Å². The Kier molecular flexibility index (Phi) is 4.16. The third kappa shape index (κ3) is 2.57. The topological polar surface area (TPSA) is 75.3 Å². The number of anilines is 1. The van der Waals surface area contributed by atoms with Gasteiger partial charge in [-0.25, -0.2) is 9.18 Å². The minimum Gasteiger partial charge on any atom is -0.478 e. The smallest absolute Gasteiger partial charge is 0.337 e. The molecule has 0 saturated heterocycles. The lowest BCUT2D eigenvalue weighted by molar-refractivity contribution is 0.0697. The van der Waals surface area contributed by atoms with Crippen LogP contribution in [0.2, 0.25) is 0 Å². The second-order valence-corrected chi connectivity index (χ2v) is 2.14. The maximum atomic E-state index is 12.5. The molecule has 0 saturated carbocycles. The van der Waals surface area contributed by atoms with Gasteiger partial charge < -0.3 is 10.5 Å². The minimum atomic E-state index is -1.22. The van der Waals surface area contributed by atoms with Crippen LogP contribution in [-0.4, -0.2) is 11.1 Å². The monoisotopic (exact) mass is 206 g/mol. The fraction of sp³-hybridized carbons (Fsp3) is 0. The van der Waals surface area contributed by atoms with Gasteiger partial charge in [-0.3, -0.25) is 5.84 Å². The number of hydrazine groups is 1. The highest BCUT2D eigenvalue weighted by Crippen LogP contribution is 2.15. The van der Waals surface area contributed by atoms with Crippen molar-refractivity contribution in [2.75, 3.05) is 5.43 Å². The molecule has 0 heterocycles. The summed E-state index contributed by atoms with van der Waals surface area (Å²) in [4.78, 5) is 10.5. The second-order valence-electron chi connectivity index (χ2n) is 2.14. The molecule has 0 spiro atoms. The highest BCUT2D eigenvalue weighted by atomic mass is 35.5. The number of halogens is 2. The van der Waals surface area contributed by atoms with Gasteiger partial charge in [-0.2, -0.15) is 0 Å². The maximum Gasteiger partial charge on any atom is 0.337 e. The summed E-state index contributed by atoms with van der Waals surface area (Å²) in [5.74, 6) is 3.18. The van der Waals surface area contributed by atoms with E-state index < -0.39 is 11.8 Å². The summed E-state index contributed by atoms with van der Waals surface area (Å²) in [6, 6.07) is 3.29. The number of hydrogen-bond donors (Lipinski definition) is 3. The lowest BCUT2D eigenvalue weighted by Gasteiger charge is -2.03. The molecule has 0 amide bonds. The summed E-state index contributed by atoms with van der Waals surface area (Å²) in [6.45, 7) is 0. The number of hydrogen-bond acceptors (Lipinski definition) is 3. The quantitative estimate of drug-likeness (QED) is 0.503. The minimum absolute atomic E-state index is 0. The Balaban J connectivity index is 0.00000144. The van der Waals surface area contributed by atoms with Crippen molar-refractivity contribution >= 4 is 24.1 Å². The number of rotatable bonds is 2. The summed E-state index contributed by atoms with van der Waals surface area (Å²) in [5.41, 5.74) is 2.16. The van der Waals surface area contributed by atoms with Gasteiger partial charge in [0.2, 0.25) is 0 Å². The van der Waals surface area contributed by atoms with Crippen LogP contribution in [0.15, 0.2) is 18.2 Å². The molecular formula is C7H8ClFN2O2. The molecule has 0 unspecified atom stereocenters. The fourth-order valence-electron chi connectivity index (χ4n) is 0.819. The lowest BCUT2D eigenvalue weighted by atomic mass is 10.2. The van der Waals surface area contributed by atoms with Crippen LogP contribution >= 0.6 is 12.4 Å². The Morgan fingerprint density at radius 1 is 1.54 bits per heavy atom. The molecule has 4 N–H and O–H groups in total. The van der Waals surface area contributed by atoms with Gasteiger partial charge in [-0.15, -0.1) is 12.4 Å². The van der Waals surface area contributed by atoms with Crippen molar-refractivity contribution in [3.8, 4) is 0 Å². The van der Waals surface area contributed by atoms with Crippen molar-refractivity contribution in [3.05, 3.63) is 29.6 Å². The molecule has 0 atom stereocenters. The van der Waals surface area contributed by atoms with Crippen LogP contribution in [0.4, 0.5) is 10.1 Å². The van der Waals surface area contributed by atoms with E-state index in [1.807, 2.05) is 0 Å². The zero-order valence-corrected chi connectivity index (χ0v) is 7.27. The summed E-state index contributed by atoms with van der Waals surface area (Å²) in [7, 11) is 0. The van der Waals surface area contributed by atoms with Crippen molar-refractivity contribution in [1.29, 1.82) is 0 Å². The molecule has 4 nitrogen and oxygen atoms in total. The predicted molar refractivity (Wildman–Crippen MR) is 48.4 cm³/mol. The highest BCUT2D eigenvalue weighted by molar-refractivity contribution is 5.94. The van der Waals surface area contributed by atoms with Crippen molar-refractivity contribution in [2.24, 2.45) is 5.84 Å². The number of carboxylic acid groups (broad SMARTS) is 1. The molecule has 6 heteroatoms. The Morgan fingerprint density at radius 3 is 2.62 bits per heavy atom. The van der Waals surface area contributed by atoms with Crippen molar-refractivity contribution in [3.63, 3.8) is 0 Å². The molecule has 1 aromatic rings. The van der Waals surface area contributed by atoms with E-state index in [0.29, 0.717) is 0 Å². The van der Waals surface area contributed by atoms with Gasteiger partial charge in [0, 0.05) is 0 Å². The van der Waals surface area contributed by atoms with Crippen LogP contribution in [0.25, 0.3) is 0 Å². The molecule has 0 aliphatic carbocycles. The Labute approximate surface area is 79.9 Å². The summed E-state index contributed by atoms with van der Waals surface area (Å²) in [5, 5.41) is 8.56. The van der Waals surface area contributed by atoms with Crippen LogP contribution < -0.4 is 11.3 Å². The summed E-state index contributed by atoms with van der Waals surface area (Å²) < 4.78 is 12.5. The molecule has 72 valence electrons. The molecule has 1 rings (SSSR count). The zero-order chi connectivity index (χ0) is 9.14. The standard InChI is InChI=1S/C7H7FN2O2.ClH/c8-4-1-2-6(10-9)5(3-4)7(11)12;/h1-3,10H,9H2,(H,11,12);1H. The van der Waals surface area contributed by atoms with Gasteiger partial charge in [0.1, 0.15) is 5.82 Å². The van der Waals surface area contributed by atoms with Gasteiger partial charge in [0.25, 0.3) is 0 Å². The Morgan fingerprint density at radius 2 is 2.15 bits per heavy atom. The van der Waals surface area contributed by atoms with E-state index in [1.165, 1.54) is 6.07 Å². The second kappa shape index (κ2) is 4.64. The van der Waals surface area contributed by atoms with Gasteiger partial charge in [0.05, 0.1) is 11.3 Å². The maximum absolute atomic E-state index is 12.5. The van der Waals surface area contributed by atoms with E-state index in [4.69, 9.17) is 10.9 Å². The number of nitrogen functional groups attached to an aromatic ring is 1. The summed E-state index contributed by atoms with van der Waals surface area (Å²) >= 11 is 0. The number of carboxylic acids is 1. The lowest BCUT2D eigenvalue weighted by Crippen LogP contribution is -2.11. The molecule has 0 radical (unpaired) electrons. The van der Waals surface area contributed by atoms with Crippen molar-refractivity contribution < 1.29 is 14.3 Å². The van der Waals surface area contributed by atoms with Crippen molar-refractivity contribution in [1.82, 2.24) is 0 Å². The average molecular weight is 207 g/mol. The molecule has 0 aromatic heterocycles. The average Bonchev–Trinajstić information content (AvgIpc) is 2.04. The van der Waals surface area contributed by atoms with Crippen LogP contribution in [0, 0.1) is 5.82 Å². The largest absolute Gasteiger partial charge is 0.478 e. The number of benzene rings is 1. The molecule has 0 fully saturated rings. The predicted octanol–water partition coefficient (Wildman–Crippen LogP) is 1.23. The molecular weight excluding hydrogens is 199 g/mol. The van der Waals surface area contributed by atoms with E-state index in [-0.39, 0.29) is 23.7 Å². The highest BCUT2D eigenvalue weighted by Gasteiger charge is 2.09. The van der Waals surface area contributed by atoms with Crippen LogP contribution in [0.3, 0.4) is 0 Å². The third-order valence-electron chi connectivity index (χ3n) is 1.37. The number of nitrogens with one attached hydrogen (secondary N) is 1. The molecule has 0 bridgehead atoms. The first-order valence-corrected chi connectivity index (χ1v) is 3.14.